The van der Waals surface area contributed by atoms with Gasteiger partial charge in [0.2, 0.25) is 5.91 Å². The lowest BCUT2D eigenvalue weighted by atomic mass is 10.0. The first-order valence-electron chi connectivity index (χ1n) is 8.04. The molecule has 3 aromatic rings. The lowest BCUT2D eigenvalue weighted by molar-refractivity contribution is -0.130. The van der Waals surface area contributed by atoms with Crippen molar-refractivity contribution in [2.45, 2.75) is 12.5 Å². The summed E-state index contributed by atoms with van der Waals surface area (Å²) in [5.74, 6) is -0.472. The molecule has 0 saturated carbocycles. The van der Waals surface area contributed by atoms with Crippen LogP contribution in [0.25, 0.3) is 11.0 Å². The zero-order chi connectivity index (χ0) is 17.8. The van der Waals surface area contributed by atoms with Crippen molar-refractivity contribution in [2.75, 3.05) is 14.1 Å². The molecule has 2 aromatic heterocycles. The molecule has 6 nitrogen and oxygen atoms in total. The number of fused-ring (bicyclic) bond motifs is 1. The fraction of sp³-hybridized carbons (Fsp3) is 0.211. The lowest BCUT2D eigenvalue weighted by Crippen LogP contribution is -2.47. The predicted molar refractivity (Wildman–Crippen MR) is 96.2 cm³/mol. The third-order valence-electron chi connectivity index (χ3n) is 3.96. The van der Waals surface area contributed by atoms with Gasteiger partial charge in [-0.25, -0.2) is 4.98 Å². The second-order valence-corrected chi connectivity index (χ2v) is 6.07. The van der Waals surface area contributed by atoms with Gasteiger partial charge in [0.15, 0.2) is 0 Å². The monoisotopic (exact) mass is 336 g/mol. The van der Waals surface area contributed by atoms with Crippen LogP contribution < -0.4 is 5.32 Å². The quantitative estimate of drug-likeness (QED) is 0.748. The second-order valence-electron chi connectivity index (χ2n) is 6.07. The highest BCUT2D eigenvalue weighted by Crippen LogP contribution is 2.13. The van der Waals surface area contributed by atoms with E-state index in [1.807, 2.05) is 42.5 Å². The number of hydrogen-bond acceptors (Lipinski definition) is 3. The van der Waals surface area contributed by atoms with E-state index in [2.05, 4.69) is 15.3 Å². The number of H-pyrrole nitrogens is 1. The van der Waals surface area contributed by atoms with Crippen LogP contribution in [-0.2, 0) is 11.2 Å². The van der Waals surface area contributed by atoms with Crippen LogP contribution in [0.3, 0.4) is 0 Å². The Balaban J connectivity index is 1.81. The zero-order valence-electron chi connectivity index (χ0n) is 14.2. The molecule has 0 aliphatic rings. The van der Waals surface area contributed by atoms with Crippen LogP contribution in [0.5, 0.6) is 0 Å². The molecule has 0 radical (unpaired) electrons. The predicted octanol–water partition coefficient (Wildman–Crippen LogP) is 1.99. The standard InChI is InChI=1S/C19H20N4O2/c1-23(2)19(25)16(11-13-7-4-3-5-8-13)22-18(24)15-12-14-9-6-10-20-17(14)21-15/h3-10,12,16H,11H2,1-2H3,(H,20,21)(H,22,24). The van der Waals surface area contributed by atoms with Crippen molar-refractivity contribution in [1.29, 1.82) is 0 Å². The van der Waals surface area contributed by atoms with E-state index in [0.29, 0.717) is 17.8 Å². The van der Waals surface area contributed by atoms with Gasteiger partial charge in [-0.3, -0.25) is 9.59 Å². The van der Waals surface area contributed by atoms with Gasteiger partial charge in [0, 0.05) is 32.1 Å². The summed E-state index contributed by atoms with van der Waals surface area (Å²) in [6, 6.07) is 14.4. The highest BCUT2D eigenvalue weighted by Gasteiger charge is 2.24. The number of likely N-dealkylation sites (N-methyl/N-ethyl adjacent to an activating group) is 1. The molecule has 0 spiro atoms. The van der Waals surface area contributed by atoms with Gasteiger partial charge in [-0.2, -0.15) is 0 Å². The Morgan fingerprint density at radius 1 is 1.16 bits per heavy atom. The lowest BCUT2D eigenvalue weighted by Gasteiger charge is -2.21. The minimum atomic E-state index is -0.635. The van der Waals surface area contributed by atoms with E-state index in [0.717, 1.165) is 10.9 Å². The largest absolute Gasteiger partial charge is 0.347 e. The topological polar surface area (TPSA) is 78.1 Å². The van der Waals surface area contributed by atoms with Crippen molar-refractivity contribution in [2.24, 2.45) is 0 Å². The highest BCUT2D eigenvalue weighted by molar-refractivity contribution is 5.99. The molecule has 0 aliphatic carbocycles. The summed E-state index contributed by atoms with van der Waals surface area (Å²) < 4.78 is 0. The second kappa shape index (κ2) is 7.17. The normalized spacial score (nSPS) is 11.9. The minimum absolute atomic E-state index is 0.147. The number of carbonyl (C=O) groups excluding carboxylic acids is 2. The van der Waals surface area contributed by atoms with E-state index in [1.165, 1.54) is 4.90 Å². The maximum absolute atomic E-state index is 12.6. The molecule has 3 rings (SSSR count). The molecular formula is C19H20N4O2. The SMILES string of the molecule is CN(C)C(=O)C(Cc1ccccc1)NC(=O)c1cc2cccnc2[nH]1. The van der Waals surface area contributed by atoms with Crippen LogP contribution in [-0.4, -0.2) is 46.8 Å². The van der Waals surface area contributed by atoms with Gasteiger partial charge in [-0.15, -0.1) is 0 Å². The Morgan fingerprint density at radius 2 is 1.92 bits per heavy atom. The molecule has 2 N–H and O–H groups in total. The molecule has 2 heterocycles. The Hall–Kier alpha value is -3.15. The minimum Gasteiger partial charge on any atom is -0.347 e. The van der Waals surface area contributed by atoms with Gasteiger partial charge in [0.1, 0.15) is 17.4 Å². The number of amides is 2. The first kappa shape index (κ1) is 16.7. The molecule has 128 valence electrons. The summed E-state index contributed by atoms with van der Waals surface area (Å²) in [7, 11) is 3.36. The summed E-state index contributed by atoms with van der Waals surface area (Å²) in [4.78, 5) is 33.7. The van der Waals surface area contributed by atoms with Crippen LogP contribution in [0.4, 0.5) is 0 Å². The number of rotatable bonds is 5. The molecule has 25 heavy (non-hydrogen) atoms. The maximum Gasteiger partial charge on any atom is 0.268 e. The van der Waals surface area contributed by atoms with Crippen molar-refractivity contribution >= 4 is 22.8 Å². The first-order chi connectivity index (χ1) is 12.0. The molecule has 0 fully saturated rings. The zero-order valence-corrected chi connectivity index (χ0v) is 14.2. The summed E-state index contributed by atoms with van der Waals surface area (Å²) in [6.07, 6.45) is 2.09. The number of nitrogens with one attached hydrogen (secondary N) is 2. The summed E-state index contributed by atoms with van der Waals surface area (Å²) in [5, 5.41) is 3.69. The van der Waals surface area contributed by atoms with Crippen LogP contribution in [0.2, 0.25) is 0 Å². The summed E-state index contributed by atoms with van der Waals surface area (Å²) in [6.45, 7) is 0. The number of aromatic nitrogens is 2. The molecule has 1 aromatic carbocycles. The number of nitrogens with zero attached hydrogens (tertiary/aromatic N) is 2. The van der Waals surface area contributed by atoms with E-state index >= 15 is 0 Å². The Morgan fingerprint density at radius 3 is 2.60 bits per heavy atom. The Bertz CT molecular complexity index is 854. The molecule has 2 amide bonds. The smallest absolute Gasteiger partial charge is 0.268 e. The fourth-order valence-electron chi connectivity index (χ4n) is 2.68. The van der Waals surface area contributed by atoms with Crippen molar-refractivity contribution in [3.05, 3.63) is 66.0 Å². The average Bonchev–Trinajstić information content (AvgIpc) is 3.05. The van der Waals surface area contributed by atoms with Gasteiger partial charge in [0.05, 0.1) is 0 Å². The van der Waals surface area contributed by atoms with E-state index in [1.54, 1.807) is 26.4 Å². The number of hydrogen-bond donors (Lipinski definition) is 2. The molecule has 6 heteroatoms. The number of pyridine rings is 1. The molecule has 1 atom stereocenters. The van der Waals surface area contributed by atoms with E-state index in [9.17, 15) is 9.59 Å². The van der Waals surface area contributed by atoms with E-state index < -0.39 is 6.04 Å². The van der Waals surface area contributed by atoms with Crippen LogP contribution in [0.15, 0.2) is 54.7 Å². The van der Waals surface area contributed by atoms with Gasteiger partial charge in [-0.05, 0) is 23.8 Å². The van der Waals surface area contributed by atoms with Crippen molar-refractivity contribution in [3.8, 4) is 0 Å². The highest BCUT2D eigenvalue weighted by atomic mass is 16.2. The van der Waals surface area contributed by atoms with Gasteiger partial charge in [0.25, 0.3) is 5.91 Å². The third-order valence-corrected chi connectivity index (χ3v) is 3.96. The molecule has 0 saturated heterocycles. The first-order valence-corrected chi connectivity index (χ1v) is 8.04. The number of benzene rings is 1. The van der Waals surface area contributed by atoms with Crippen molar-refractivity contribution < 1.29 is 9.59 Å². The Labute approximate surface area is 145 Å². The van der Waals surface area contributed by atoms with Gasteiger partial charge in [-0.1, -0.05) is 30.3 Å². The molecule has 1 unspecified atom stereocenters. The average molecular weight is 336 g/mol. The van der Waals surface area contributed by atoms with Crippen molar-refractivity contribution in [3.63, 3.8) is 0 Å². The molecular weight excluding hydrogens is 316 g/mol. The van der Waals surface area contributed by atoms with Gasteiger partial charge >= 0.3 is 0 Å². The van der Waals surface area contributed by atoms with Crippen LogP contribution in [0, 0.1) is 0 Å². The number of carbonyl (C=O) groups is 2. The van der Waals surface area contributed by atoms with Gasteiger partial charge < -0.3 is 15.2 Å². The third kappa shape index (κ3) is 3.85. The molecule has 0 bridgehead atoms. The van der Waals surface area contributed by atoms with E-state index in [-0.39, 0.29) is 11.8 Å². The summed E-state index contributed by atoms with van der Waals surface area (Å²) in [5.41, 5.74) is 2.02. The maximum atomic E-state index is 12.6. The summed E-state index contributed by atoms with van der Waals surface area (Å²) >= 11 is 0. The molecule has 0 aliphatic heterocycles. The van der Waals surface area contributed by atoms with Crippen LogP contribution >= 0.6 is 0 Å². The van der Waals surface area contributed by atoms with Crippen LogP contribution in [0.1, 0.15) is 16.1 Å². The van der Waals surface area contributed by atoms with Crippen molar-refractivity contribution in [1.82, 2.24) is 20.2 Å². The number of aromatic amines is 1. The Kier molecular flexibility index (Phi) is 4.79. The van der Waals surface area contributed by atoms with E-state index in [4.69, 9.17) is 0 Å². The fourth-order valence-corrected chi connectivity index (χ4v) is 2.68.